The number of aromatic nitrogens is 3. The van der Waals surface area contributed by atoms with Gasteiger partial charge in [0.05, 0.1) is 3.79 Å². The van der Waals surface area contributed by atoms with E-state index < -0.39 is 0 Å². The van der Waals surface area contributed by atoms with Crippen LogP contribution in [-0.2, 0) is 11.2 Å². The van der Waals surface area contributed by atoms with Crippen LogP contribution in [0.15, 0.2) is 15.9 Å². The molecule has 1 amide bonds. The van der Waals surface area contributed by atoms with Crippen molar-refractivity contribution in [1.29, 1.82) is 0 Å². The van der Waals surface area contributed by atoms with E-state index >= 15 is 0 Å². The highest BCUT2D eigenvalue weighted by Gasteiger charge is 2.09. The fourth-order valence-electron chi connectivity index (χ4n) is 1.90. The Bertz CT molecular complexity index is 660. The van der Waals surface area contributed by atoms with Crippen molar-refractivity contribution in [2.75, 3.05) is 10.6 Å². The maximum absolute atomic E-state index is 11.1. The highest BCUT2D eigenvalue weighted by Crippen LogP contribution is 2.23. The Morgan fingerprint density at radius 2 is 2.05 bits per heavy atom. The molecule has 2 aromatic heterocycles. The molecule has 0 aliphatic carbocycles. The first-order valence-corrected chi connectivity index (χ1v) is 8.54. The summed E-state index contributed by atoms with van der Waals surface area (Å²) >= 11 is 5.22. The van der Waals surface area contributed by atoms with Crippen LogP contribution in [0.5, 0.6) is 0 Å². The molecule has 1 unspecified atom stereocenters. The number of nitrogens with zero attached hydrogens (tertiary/aromatic N) is 3. The number of halogens is 1. The molecule has 8 heteroatoms. The van der Waals surface area contributed by atoms with Crippen molar-refractivity contribution < 1.29 is 4.79 Å². The minimum atomic E-state index is -0.201. The number of carbonyl (C=O) groups excluding carboxylic acids is 1. The second-order valence-electron chi connectivity index (χ2n) is 5.00. The molecule has 1 atom stereocenters. The summed E-state index contributed by atoms with van der Waals surface area (Å²) in [5.41, 5.74) is 0. The zero-order chi connectivity index (χ0) is 16.1. The van der Waals surface area contributed by atoms with E-state index in [9.17, 15) is 4.79 Å². The Hall–Kier alpha value is -1.54. The lowest BCUT2D eigenvalue weighted by molar-refractivity contribution is -0.114. The van der Waals surface area contributed by atoms with Gasteiger partial charge < -0.3 is 5.32 Å². The molecule has 0 radical (unpaired) electrons. The minimum Gasteiger partial charge on any atom is -0.352 e. The second kappa shape index (κ2) is 7.64. The van der Waals surface area contributed by atoms with Crippen molar-refractivity contribution in [2.45, 2.75) is 39.7 Å². The first-order valence-electron chi connectivity index (χ1n) is 6.93. The molecule has 22 heavy (non-hydrogen) atoms. The first kappa shape index (κ1) is 16.8. The van der Waals surface area contributed by atoms with E-state index in [1.165, 1.54) is 11.8 Å². The number of anilines is 2. The molecule has 118 valence electrons. The Labute approximate surface area is 141 Å². The van der Waals surface area contributed by atoms with Crippen LogP contribution < -0.4 is 10.6 Å². The molecular weight excluding hydrogens is 366 g/mol. The number of aryl methyl sites for hydroxylation is 2. The van der Waals surface area contributed by atoms with Gasteiger partial charge in [0.15, 0.2) is 0 Å². The van der Waals surface area contributed by atoms with Crippen molar-refractivity contribution in [3.8, 4) is 0 Å². The standard InChI is InChI=1S/C14H18BrN5OS/c1-8(4-5-11-6-7-12(15)22-11)16-13-17-9(2)18-14(20-13)19-10(3)21/h6-8H,4-5H2,1-3H3,(H2,16,17,18,19,20,21). The fraction of sp³-hybridized carbons (Fsp3) is 0.429. The molecule has 2 rings (SSSR count). The van der Waals surface area contributed by atoms with Gasteiger partial charge in [0.25, 0.3) is 0 Å². The van der Waals surface area contributed by atoms with Gasteiger partial charge in [-0.1, -0.05) is 0 Å². The summed E-state index contributed by atoms with van der Waals surface area (Å²) in [6, 6.07) is 4.41. The fourth-order valence-corrected chi connectivity index (χ4v) is 3.40. The van der Waals surface area contributed by atoms with Crippen molar-refractivity contribution in [2.24, 2.45) is 0 Å². The van der Waals surface area contributed by atoms with Crippen LogP contribution in [0.4, 0.5) is 11.9 Å². The van der Waals surface area contributed by atoms with Gasteiger partial charge in [-0.25, -0.2) is 0 Å². The predicted molar refractivity (Wildman–Crippen MR) is 92.3 cm³/mol. The maximum Gasteiger partial charge on any atom is 0.234 e. The Morgan fingerprint density at radius 1 is 1.32 bits per heavy atom. The molecule has 0 aromatic carbocycles. The van der Waals surface area contributed by atoms with Crippen LogP contribution in [0.1, 0.15) is 31.0 Å². The van der Waals surface area contributed by atoms with Gasteiger partial charge in [0, 0.05) is 17.8 Å². The lowest BCUT2D eigenvalue weighted by atomic mass is 10.1. The maximum atomic E-state index is 11.1. The number of carbonyl (C=O) groups is 1. The molecular formula is C14H18BrN5OS. The normalized spacial score (nSPS) is 12.0. The lowest BCUT2D eigenvalue weighted by Gasteiger charge is -2.14. The molecule has 0 aliphatic rings. The van der Waals surface area contributed by atoms with Crippen molar-refractivity contribution >= 4 is 45.1 Å². The Kier molecular flexibility index (Phi) is 5.84. The largest absolute Gasteiger partial charge is 0.352 e. The number of thiophene rings is 1. The van der Waals surface area contributed by atoms with Gasteiger partial charge in [-0.15, -0.1) is 11.3 Å². The predicted octanol–water partition coefficient (Wildman–Crippen LogP) is 3.40. The third kappa shape index (κ3) is 5.34. The SMILES string of the molecule is CC(=O)Nc1nc(C)nc(NC(C)CCc2ccc(Br)s2)n1. The zero-order valence-corrected chi connectivity index (χ0v) is 15.1. The van der Waals surface area contributed by atoms with E-state index in [1.807, 2.05) is 0 Å². The number of rotatable bonds is 6. The molecule has 2 aromatic rings. The third-order valence-electron chi connectivity index (χ3n) is 2.86. The summed E-state index contributed by atoms with van der Waals surface area (Å²) < 4.78 is 1.15. The molecule has 6 nitrogen and oxygen atoms in total. The average molecular weight is 384 g/mol. The molecule has 0 spiro atoms. The van der Waals surface area contributed by atoms with Crippen molar-refractivity contribution in [3.63, 3.8) is 0 Å². The van der Waals surface area contributed by atoms with E-state index in [2.05, 4.69) is 60.6 Å². The summed E-state index contributed by atoms with van der Waals surface area (Å²) in [7, 11) is 0. The van der Waals surface area contributed by atoms with E-state index in [0.717, 1.165) is 16.6 Å². The molecule has 2 N–H and O–H groups in total. The number of hydrogen-bond acceptors (Lipinski definition) is 6. The van der Waals surface area contributed by atoms with Gasteiger partial charge in [0.1, 0.15) is 5.82 Å². The quantitative estimate of drug-likeness (QED) is 0.798. The van der Waals surface area contributed by atoms with Crippen LogP contribution in [0.2, 0.25) is 0 Å². The summed E-state index contributed by atoms with van der Waals surface area (Å²) in [6.07, 6.45) is 1.96. The lowest BCUT2D eigenvalue weighted by Crippen LogP contribution is -2.19. The third-order valence-corrected chi connectivity index (χ3v) is 4.55. The number of nitrogens with one attached hydrogen (secondary N) is 2. The highest BCUT2D eigenvalue weighted by molar-refractivity contribution is 9.11. The monoisotopic (exact) mass is 383 g/mol. The minimum absolute atomic E-state index is 0.201. The molecule has 2 heterocycles. The van der Waals surface area contributed by atoms with Crippen LogP contribution >= 0.6 is 27.3 Å². The van der Waals surface area contributed by atoms with E-state index in [-0.39, 0.29) is 17.9 Å². The van der Waals surface area contributed by atoms with Crippen LogP contribution in [0, 0.1) is 6.92 Å². The van der Waals surface area contributed by atoms with Gasteiger partial charge in [-0.3, -0.25) is 10.1 Å². The van der Waals surface area contributed by atoms with Gasteiger partial charge in [-0.2, -0.15) is 15.0 Å². The summed E-state index contributed by atoms with van der Waals surface area (Å²) in [5, 5.41) is 5.83. The molecule has 0 saturated carbocycles. The highest BCUT2D eigenvalue weighted by atomic mass is 79.9. The van der Waals surface area contributed by atoms with Crippen LogP contribution in [-0.4, -0.2) is 26.9 Å². The molecule has 0 fully saturated rings. The van der Waals surface area contributed by atoms with Crippen molar-refractivity contribution in [3.05, 3.63) is 26.6 Å². The van der Waals surface area contributed by atoms with E-state index in [1.54, 1.807) is 18.3 Å². The van der Waals surface area contributed by atoms with Crippen molar-refractivity contribution in [1.82, 2.24) is 15.0 Å². The Morgan fingerprint density at radius 3 is 2.68 bits per heavy atom. The topological polar surface area (TPSA) is 79.8 Å². The molecule has 0 aliphatic heterocycles. The second-order valence-corrected chi connectivity index (χ2v) is 7.55. The summed E-state index contributed by atoms with van der Waals surface area (Å²) in [4.78, 5) is 25.0. The van der Waals surface area contributed by atoms with Gasteiger partial charge >= 0.3 is 0 Å². The Balaban J connectivity index is 1.94. The van der Waals surface area contributed by atoms with Gasteiger partial charge in [-0.05, 0) is 54.8 Å². The zero-order valence-electron chi connectivity index (χ0n) is 12.7. The summed E-state index contributed by atoms with van der Waals surface area (Å²) in [6.45, 7) is 5.28. The average Bonchev–Trinajstić information content (AvgIpc) is 2.80. The van der Waals surface area contributed by atoms with Crippen LogP contribution in [0.3, 0.4) is 0 Å². The number of amides is 1. The van der Waals surface area contributed by atoms with E-state index in [4.69, 9.17) is 0 Å². The summed E-state index contributed by atoms with van der Waals surface area (Å²) in [5.74, 6) is 1.12. The molecule has 0 bridgehead atoms. The van der Waals surface area contributed by atoms with E-state index in [0.29, 0.717) is 11.8 Å². The molecule has 0 saturated heterocycles. The smallest absolute Gasteiger partial charge is 0.234 e. The number of hydrogen-bond donors (Lipinski definition) is 2. The van der Waals surface area contributed by atoms with Gasteiger partial charge in [0.2, 0.25) is 17.8 Å². The first-order chi connectivity index (χ1) is 10.4. The van der Waals surface area contributed by atoms with Crippen LogP contribution in [0.25, 0.3) is 0 Å².